The van der Waals surface area contributed by atoms with Crippen molar-refractivity contribution in [2.45, 2.75) is 160 Å². The fourth-order valence-corrected chi connectivity index (χ4v) is 5.64. The van der Waals surface area contributed by atoms with E-state index < -0.39 is 10.1 Å². The third-order valence-corrected chi connectivity index (χ3v) is 8.88. The van der Waals surface area contributed by atoms with Crippen LogP contribution >= 0.6 is 0 Å². The van der Waals surface area contributed by atoms with Gasteiger partial charge in [-0.1, -0.05) is 110 Å². The van der Waals surface area contributed by atoms with E-state index in [-0.39, 0.29) is 40.0 Å². The molecule has 0 amide bonds. The maximum atomic E-state index is 11.5. The summed E-state index contributed by atoms with van der Waals surface area (Å²) in [6, 6.07) is 4.54. The molecule has 0 aliphatic heterocycles. The van der Waals surface area contributed by atoms with Crippen LogP contribution in [-0.4, -0.2) is 28.1 Å². The number of aromatic nitrogens is 2. The van der Waals surface area contributed by atoms with Gasteiger partial charge in [0.15, 0.2) is 0 Å². The van der Waals surface area contributed by atoms with E-state index in [4.69, 9.17) is 10.7 Å². The molecule has 39 heavy (non-hydrogen) atoms. The van der Waals surface area contributed by atoms with Gasteiger partial charge in [0.1, 0.15) is 15.9 Å². The largest absolute Gasteiger partial charge is 1.00 e. The van der Waals surface area contributed by atoms with Crippen LogP contribution in [0.4, 0.5) is 0 Å². The van der Waals surface area contributed by atoms with Gasteiger partial charge in [-0.25, -0.2) is 13.4 Å². The summed E-state index contributed by atoms with van der Waals surface area (Å²) in [5, 5.41) is 0. The Morgan fingerprint density at radius 1 is 0.846 bits per heavy atom. The first-order valence-corrected chi connectivity index (χ1v) is 16.8. The minimum Gasteiger partial charge on any atom is -0.744 e. The molecule has 2 aromatic rings. The fraction of sp³-hybridized carbons (Fsp3) is 0.774. The number of nitrogens with zero attached hydrogens (tertiary/aromatic N) is 2. The summed E-state index contributed by atoms with van der Waals surface area (Å²) in [7, 11) is -4.50. The summed E-state index contributed by atoms with van der Waals surface area (Å²) >= 11 is 0. The molecule has 6 nitrogen and oxygen atoms in total. The molecule has 2 N–H and O–H groups in total. The van der Waals surface area contributed by atoms with Gasteiger partial charge < -0.3 is 14.9 Å². The Labute approximate surface area is 261 Å². The monoisotopic (exact) mass is 571 g/mol. The zero-order valence-electron chi connectivity index (χ0n) is 25.5. The molecule has 0 aliphatic rings. The number of rotatable bonds is 22. The van der Waals surface area contributed by atoms with Crippen LogP contribution in [0, 0.1) is 0 Å². The Morgan fingerprint density at radius 3 is 1.79 bits per heavy atom. The Bertz CT molecular complexity index is 1040. The van der Waals surface area contributed by atoms with Crippen molar-refractivity contribution in [1.29, 1.82) is 0 Å². The number of hydrogen-bond acceptors (Lipinski definition) is 5. The molecule has 0 bridgehead atoms. The molecule has 0 spiro atoms. The SMILES string of the molecule is CCCCCCCCCCCCCCCCCCn1c(CCC(C)(N)CC)nc2cc(S(=O)(=O)[O-])ccc21.[Na+]. The van der Waals surface area contributed by atoms with Crippen molar-refractivity contribution in [2.75, 3.05) is 0 Å². The van der Waals surface area contributed by atoms with Crippen LogP contribution in [0.1, 0.15) is 142 Å². The predicted molar refractivity (Wildman–Crippen MR) is 158 cm³/mol. The molecule has 218 valence electrons. The predicted octanol–water partition coefficient (Wildman–Crippen LogP) is 5.27. The van der Waals surface area contributed by atoms with Crippen molar-refractivity contribution in [3.8, 4) is 0 Å². The topological polar surface area (TPSA) is 101 Å². The molecule has 8 heteroatoms. The summed E-state index contributed by atoms with van der Waals surface area (Å²) in [6.07, 6.45) is 23.8. The van der Waals surface area contributed by atoms with Gasteiger partial charge in [-0.05, 0) is 44.4 Å². The average molecular weight is 572 g/mol. The summed E-state index contributed by atoms with van der Waals surface area (Å²) in [6.45, 7) is 7.26. The van der Waals surface area contributed by atoms with E-state index in [1.54, 1.807) is 6.07 Å². The zero-order valence-corrected chi connectivity index (χ0v) is 28.3. The summed E-state index contributed by atoms with van der Waals surface area (Å²) in [4.78, 5) is 4.50. The van der Waals surface area contributed by atoms with Crippen molar-refractivity contribution >= 4 is 21.2 Å². The first kappa shape index (κ1) is 36.6. The van der Waals surface area contributed by atoms with Crippen molar-refractivity contribution < 1.29 is 42.5 Å². The van der Waals surface area contributed by atoms with Crippen LogP contribution < -0.4 is 35.3 Å². The molecular weight excluding hydrogens is 517 g/mol. The van der Waals surface area contributed by atoms with Gasteiger partial charge in [0.25, 0.3) is 0 Å². The molecular formula is C31H54N3NaO3S. The first-order chi connectivity index (χ1) is 18.2. The van der Waals surface area contributed by atoms with Crippen molar-refractivity contribution in [1.82, 2.24) is 9.55 Å². The van der Waals surface area contributed by atoms with Gasteiger partial charge in [-0.15, -0.1) is 0 Å². The minimum atomic E-state index is -4.50. The number of fused-ring (bicyclic) bond motifs is 1. The number of aryl methyl sites for hydroxylation is 2. The third-order valence-electron chi connectivity index (χ3n) is 8.05. The van der Waals surface area contributed by atoms with E-state index >= 15 is 0 Å². The van der Waals surface area contributed by atoms with E-state index in [0.717, 1.165) is 43.6 Å². The van der Waals surface area contributed by atoms with Crippen molar-refractivity contribution in [2.24, 2.45) is 5.73 Å². The minimum absolute atomic E-state index is 0. The molecule has 1 heterocycles. The molecule has 1 aromatic carbocycles. The molecule has 2 rings (SSSR count). The molecule has 0 saturated carbocycles. The van der Waals surface area contributed by atoms with Gasteiger partial charge in [-0.2, -0.15) is 0 Å². The Morgan fingerprint density at radius 2 is 1.33 bits per heavy atom. The average Bonchev–Trinajstić information content (AvgIpc) is 3.23. The number of benzene rings is 1. The molecule has 1 unspecified atom stereocenters. The van der Waals surface area contributed by atoms with Crippen LogP contribution in [0.3, 0.4) is 0 Å². The second kappa shape index (κ2) is 19.6. The van der Waals surface area contributed by atoms with Crippen LogP contribution in [0.25, 0.3) is 11.0 Å². The molecule has 1 aromatic heterocycles. The Balaban J connectivity index is 0.00000760. The Kier molecular flexibility index (Phi) is 18.4. The second-order valence-electron chi connectivity index (χ2n) is 11.6. The molecule has 0 saturated heterocycles. The van der Waals surface area contributed by atoms with E-state index in [2.05, 4.69) is 25.3 Å². The maximum Gasteiger partial charge on any atom is 1.00 e. The van der Waals surface area contributed by atoms with Crippen LogP contribution in [0.15, 0.2) is 23.1 Å². The second-order valence-corrected chi connectivity index (χ2v) is 13.0. The van der Waals surface area contributed by atoms with Gasteiger partial charge in [0.05, 0.1) is 15.9 Å². The quantitative estimate of drug-likeness (QED) is 0.118. The summed E-state index contributed by atoms with van der Waals surface area (Å²) in [5.74, 6) is 0.923. The van der Waals surface area contributed by atoms with Gasteiger partial charge in [-0.3, -0.25) is 0 Å². The molecule has 1 atom stereocenters. The van der Waals surface area contributed by atoms with Gasteiger partial charge in [0, 0.05) is 18.5 Å². The first-order valence-electron chi connectivity index (χ1n) is 15.4. The van der Waals surface area contributed by atoms with E-state index in [1.807, 2.05) is 0 Å². The zero-order chi connectivity index (χ0) is 27.9. The van der Waals surface area contributed by atoms with Crippen molar-refractivity contribution in [3.63, 3.8) is 0 Å². The normalized spacial score (nSPS) is 13.5. The van der Waals surface area contributed by atoms with Crippen LogP contribution in [-0.2, 0) is 23.1 Å². The van der Waals surface area contributed by atoms with E-state index in [9.17, 15) is 13.0 Å². The number of hydrogen-bond donors (Lipinski definition) is 1. The van der Waals surface area contributed by atoms with Gasteiger partial charge >= 0.3 is 29.6 Å². The van der Waals surface area contributed by atoms with E-state index in [0.29, 0.717) is 5.52 Å². The third kappa shape index (κ3) is 14.3. The van der Waals surface area contributed by atoms with Crippen LogP contribution in [0.2, 0.25) is 0 Å². The number of nitrogens with two attached hydrogens (primary N) is 1. The van der Waals surface area contributed by atoms with Gasteiger partial charge in [0.2, 0.25) is 0 Å². The number of imidazole rings is 1. The number of unbranched alkanes of at least 4 members (excludes halogenated alkanes) is 15. The smallest absolute Gasteiger partial charge is 0.744 e. The maximum absolute atomic E-state index is 11.5. The van der Waals surface area contributed by atoms with E-state index in [1.165, 1.54) is 108 Å². The molecule has 0 aliphatic carbocycles. The standard InChI is InChI=1S/C31H55N3O3S.Na/c1-4-6-7-8-9-10-11-12-13-14-15-16-17-18-19-20-25-34-29-22-21-27(38(35,36)37)26-28(29)33-30(34)23-24-31(3,32)5-2;/h21-22,26H,4-20,23-25,32H2,1-3H3,(H,35,36,37);/q;+1/p-1. The fourth-order valence-electron chi connectivity index (χ4n) is 5.15. The molecule has 0 radical (unpaired) electrons. The summed E-state index contributed by atoms with van der Waals surface area (Å²) in [5.41, 5.74) is 7.57. The molecule has 0 fully saturated rings. The van der Waals surface area contributed by atoms with Crippen LogP contribution in [0.5, 0.6) is 0 Å². The summed E-state index contributed by atoms with van der Waals surface area (Å²) < 4.78 is 36.7. The van der Waals surface area contributed by atoms with Crippen molar-refractivity contribution in [3.05, 3.63) is 24.0 Å². The Hall–Kier alpha value is -0.440.